The Morgan fingerprint density at radius 1 is 1.32 bits per heavy atom. The summed E-state index contributed by atoms with van der Waals surface area (Å²) in [6, 6.07) is 0. The number of cyclic esters (lactones) is 2. The molecule has 0 N–H and O–H groups in total. The van der Waals surface area contributed by atoms with E-state index in [2.05, 4.69) is 12.2 Å². The van der Waals surface area contributed by atoms with E-state index in [4.69, 9.17) is 9.47 Å². The molecule has 0 amide bonds. The van der Waals surface area contributed by atoms with Gasteiger partial charge in [-0.1, -0.05) is 23.8 Å². The minimum atomic E-state index is -0.291. The number of carbonyl (C=O) groups excluding carboxylic acids is 2. The summed E-state index contributed by atoms with van der Waals surface area (Å²) >= 11 is 0. The van der Waals surface area contributed by atoms with Crippen LogP contribution in [0.15, 0.2) is 23.8 Å². The Morgan fingerprint density at radius 3 is 2.89 bits per heavy atom. The van der Waals surface area contributed by atoms with Crippen LogP contribution in [0, 0.1) is 5.92 Å². The second-order valence-electron chi connectivity index (χ2n) is 5.15. The van der Waals surface area contributed by atoms with Crippen molar-refractivity contribution in [1.82, 2.24) is 0 Å². The Balaban J connectivity index is 2.02. The van der Waals surface area contributed by atoms with Crippen molar-refractivity contribution in [3.63, 3.8) is 0 Å². The van der Waals surface area contributed by atoms with Crippen molar-refractivity contribution < 1.29 is 19.1 Å². The zero-order chi connectivity index (χ0) is 13.7. The molecule has 2 aliphatic rings. The van der Waals surface area contributed by atoms with Gasteiger partial charge in [0, 0.05) is 0 Å². The second kappa shape index (κ2) is 6.55. The van der Waals surface area contributed by atoms with Crippen LogP contribution in [-0.4, -0.2) is 24.6 Å². The summed E-state index contributed by atoms with van der Waals surface area (Å²) in [5, 5.41) is 0. The van der Waals surface area contributed by atoms with Crippen LogP contribution in [0.5, 0.6) is 0 Å². The number of rotatable bonds is 2. The average molecular weight is 264 g/mol. The van der Waals surface area contributed by atoms with Crippen LogP contribution < -0.4 is 0 Å². The second-order valence-corrected chi connectivity index (χ2v) is 5.15. The van der Waals surface area contributed by atoms with Crippen molar-refractivity contribution in [3.8, 4) is 0 Å². The van der Waals surface area contributed by atoms with Crippen molar-refractivity contribution in [2.24, 2.45) is 5.92 Å². The van der Waals surface area contributed by atoms with Crippen molar-refractivity contribution in [3.05, 3.63) is 23.8 Å². The lowest BCUT2D eigenvalue weighted by Gasteiger charge is -2.20. The predicted molar refractivity (Wildman–Crippen MR) is 70.3 cm³/mol. The third-order valence-electron chi connectivity index (χ3n) is 3.44. The first-order valence-electron chi connectivity index (χ1n) is 6.86. The highest BCUT2D eigenvalue weighted by Gasteiger charge is 2.27. The van der Waals surface area contributed by atoms with Gasteiger partial charge >= 0.3 is 11.9 Å². The molecule has 2 unspecified atom stereocenters. The molecule has 0 aromatic carbocycles. The van der Waals surface area contributed by atoms with Crippen molar-refractivity contribution in [1.29, 1.82) is 0 Å². The summed E-state index contributed by atoms with van der Waals surface area (Å²) in [5.41, 5.74) is 1.27. The van der Waals surface area contributed by atoms with Crippen molar-refractivity contribution in [2.75, 3.05) is 6.61 Å². The fraction of sp³-hybridized carbons (Fsp3) is 0.600. The van der Waals surface area contributed by atoms with Crippen molar-refractivity contribution >= 4 is 11.9 Å². The normalized spacial score (nSPS) is 28.6. The quantitative estimate of drug-likeness (QED) is 0.719. The average Bonchev–Trinajstić information content (AvgIpc) is 2.43. The molecule has 1 aliphatic heterocycles. The summed E-state index contributed by atoms with van der Waals surface area (Å²) in [5.74, 6) is -0.708. The van der Waals surface area contributed by atoms with Gasteiger partial charge in [-0.05, 0) is 32.6 Å². The van der Waals surface area contributed by atoms with E-state index in [1.165, 1.54) is 5.57 Å². The molecule has 0 saturated carbocycles. The molecule has 0 aromatic heterocycles. The maximum atomic E-state index is 12.0. The molecule has 0 aromatic rings. The fourth-order valence-corrected chi connectivity index (χ4v) is 2.49. The molecule has 2 atom stereocenters. The van der Waals surface area contributed by atoms with Gasteiger partial charge in [0.05, 0.1) is 18.4 Å². The monoisotopic (exact) mass is 264 g/mol. The summed E-state index contributed by atoms with van der Waals surface area (Å²) in [6.07, 6.45) is 9.39. The van der Waals surface area contributed by atoms with Crippen LogP contribution >= 0.6 is 0 Å². The largest absolute Gasteiger partial charge is 0.465 e. The Labute approximate surface area is 113 Å². The Bertz CT molecular complexity index is 408. The van der Waals surface area contributed by atoms with E-state index in [9.17, 15) is 9.59 Å². The van der Waals surface area contributed by atoms with Crippen molar-refractivity contribution in [2.45, 2.75) is 45.1 Å². The highest BCUT2D eigenvalue weighted by Crippen LogP contribution is 2.25. The van der Waals surface area contributed by atoms with Gasteiger partial charge in [0.15, 0.2) is 0 Å². The first-order valence-corrected chi connectivity index (χ1v) is 6.86. The van der Waals surface area contributed by atoms with E-state index in [0.29, 0.717) is 12.8 Å². The fourth-order valence-electron chi connectivity index (χ4n) is 2.49. The van der Waals surface area contributed by atoms with E-state index >= 15 is 0 Å². The molecule has 1 heterocycles. The SMILES string of the molecule is CC1CC(CC2=CC=CCC2)C(=O)OCCC(=O)O1. The van der Waals surface area contributed by atoms with Gasteiger partial charge in [0.2, 0.25) is 0 Å². The smallest absolute Gasteiger partial charge is 0.309 e. The van der Waals surface area contributed by atoms with Gasteiger partial charge in [-0.15, -0.1) is 0 Å². The lowest BCUT2D eigenvalue weighted by Crippen LogP contribution is -2.23. The van der Waals surface area contributed by atoms with E-state index in [0.717, 1.165) is 12.8 Å². The number of hydrogen-bond donors (Lipinski definition) is 0. The molecular formula is C15H20O4. The Morgan fingerprint density at radius 2 is 2.16 bits per heavy atom. The highest BCUT2D eigenvalue weighted by atomic mass is 16.6. The molecule has 1 aliphatic carbocycles. The third kappa shape index (κ3) is 4.23. The zero-order valence-corrected chi connectivity index (χ0v) is 11.3. The van der Waals surface area contributed by atoms with Gasteiger partial charge < -0.3 is 9.47 Å². The number of allylic oxidation sites excluding steroid dienone is 4. The summed E-state index contributed by atoms with van der Waals surface area (Å²) in [4.78, 5) is 23.4. The maximum Gasteiger partial charge on any atom is 0.309 e. The topological polar surface area (TPSA) is 52.6 Å². The molecule has 4 heteroatoms. The first kappa shape index (κ1) is 13.8. The number of hydrogen-bond acceptors (Lipinski definition) is 4. The summed E-state index contributed by atoms with van der Waals surface area (Å²) < 4.78 is 10.4. The van der Waals surface area contributed by atoms with Gasteiger partial charge in [-0.2, -0.15) is 0 Å². The first-order chi connectivity index (χ1) is 9.15. The Hall–Kier alpha value is -1.58. The summed E-state index contributed by atoms with van der Waals surface area (Å²) in [7, 11) is 0. The molecule has 1 saturated heterocycles. The van der Waals surface area contributed by atoms with E-state index in [1.54, 1.807) is 0 Å². The molecule has 0 radical (unpaired) electrons. The lowest BCUT2D eigenvalue weighted by atomic mass is 9.90. The third-order valence-corrected chi connectivity index (χ3v) is 3.44. The zero-order valence-electron chi connectivity index (χ0n) is 11.3. The standard InChI is InChI=1S/C15H20O4/c1-11-9-13(10-12-5-3-2-4-6-12)15(17)18-8-7-14(16)19-11/h2-3,5,11,13H,4,6-10H2,1H3. The number of esters is 2. The predicted octanol–water partition coefficient (Wildman–Crippen LogP) is 2.54. The van der Waals surface area contributed by atoms with Crippen LogP contribution in [0.4, 0.5) is 0 Å². The number of ether oxygens (including phenoxy) is 2. The van der Waals surface area contributed by atoms with Crippen LogP contribution in [0.1, 0.15) is 39.0 Å². The minimum Gasteiger partial charge on any atom is -0.465 e. The van der Waals surface area contributed by atoms with Gasteiger partial charge in [0.1, 0.15) is 6.61 Å². The Kier molecular flexibility index (Phi) is 4.77. The van der Waals surface area contributed by atoms with E-state index in [1.807, 2.05) is 13.0 Å². The van der Waals surface area contributed by atoms with E-state index < -0.39 is 0 Å². The molecule has 104 valence electrons. The molecule has 0 spiro atoms. The number of carbonyl (C=O) groups is 2. The van der Waals surface area contributed by atoms with E-state index in [-0.39, 0.29) is 37.0 Å². The van der Waals surface area contributed by atoms with Gasteiger partial charge in [0.25, 0.3) is 0 Å². The lowest BCUT2D eigenvalue weighted by molar-refractivity contribution is -0.149. The molecule has 2 rings (SSSR count). The molecule has 19 heavy (non-hydrogen) atoms. The molecular weight excluding hydrogens is 244 g/mol. The molecule has 0 bridgehead atoms. The summed E-state index contributed by atoms with van der Waals surface area (Å²) in [6.45, 7) is 1.96. The maximum absolute atomic E-state index is 12.0. The van der Waals surface area contributed by atoms with Crippen LogP contribution in [0.2, 0.25) is 0 Å². The van der Waals surface area contributed by atoms with Crippen LogP contribution in [-0.2, 0) is 19.1 Å². The van der Waals surface area contributed by atoms with Gasteiger partial charge in [-0.3, -0.25) is 9.59 Å². The van der Waals surface area contributed by atoms with Gasteiger partial charge in [-0.25, -0.2) is 0 Å². The molecule has 4 nitrogen and oxygen atoms in total. The minimum absolute atomic E-state index is 0.125. The van der Waals surface area contributed by atoms with Crippen LogP contribution in [0.3, 0.4) is 0 Å². The molecule has 1 fully saturated rings. The highest BCUT2D eigenvalue weighted by molar-refractivity contribution is 5.75. The van der Waals surface area contributed by atoms with Crippen LogP contribution in [0.25, 0.3) is 0 Å².